The summed E-state index contributed by atoms with van der Waals surface area (Å²) in [5.74, 6) is 0.289. The Bertz CT molecular complexity index is 2140. The Balaban J connectivity index is 1.52. The highest BCUT2D eigenvalue weighted by molar-refractivity contribution is 7.90. The van der Waals surface area contributed by atoms with E-state index < -0.39 is 26.2 Å². The molecule has 3 aromatic carbocycles. The molecule has 0 aliphatic rings. The quantitative estimate of drug-likeness (QED) is 0.293. The van der Waals surface area contributed by atoms with E-state index >= 15 is 0 Å². The number of nitrogens with zero attached hydrogens (tertiary/aromatic N) is 4. The van der Waals surface area contributed by atoms with Crippen LogP contribution in [0, 0.1) is 6.92 Å². The molecule has 1 atom stereocenters. The van der Waals surface area contributed by atoms with Crippen molar-refractivity contribution in [2.45, 2.75) is 22.8 Å². The van der Waals surface area contributed by atoms with E-state index in [9.17, 15) is 21.9 Å². The predicted molar refractivity (Wildman–Crippen MR) is 153 cm³/mol. The normalized spacial score (nSPS) is 13.0. The zero-order chi connectivity index (χ0) is 28.9. The molecular formula is C29H24N4O6S2. The van der Waals surface area contributed by atoms with Crippen molar-refractivity contribution in [3.63, 3.8) is 0 Å². The first-order valence-electron chi connectivity index (χ1n) is 12.5. The van der Waals surface area contributed by atoms with Gasteiger partial charge in [0.2, 0.25) is 5.88 Å². The molecule has 3 aromatic heterocycles. The number of aliphatic hydroxyl groups is 1. The smallest absolute Gasteiger partial charge is 0.283 e. The average Bonchev–Trinajstić information content (AvgIpc) is 3.55. The maximum atomic E-state index is 13.8. The molecule has 0 spiro atoms. The Labute approximate surface area is 236 Å². The lowest BCUT2D eigenvalue weighted by Crippen LogP contribution is -2.18. The molecule has 0 aliphatic carbocycles. The molecule has 208 valence electrons. The van der Waals surface area contributed by atoms with Gasteiger partial charge in [0.25, 0.3) is 20.0 Å². The molecule has 41 heavy (non-hydrogen) atoms. The van der Waals surface area contributed by atoms with E-state index in [1.807, 2.05) is 0 Å². The third-order valence-corrected chi connectivity index (χ3v) is 10.2. The molecule has 0 fully saturated rings. The third-order valence-electron chi connectivity index (χ3n) is 6.86. The van der Waals surface area contributed by atoms with Crippen LogP contribution in [0.15, 0.2) is 107 Å². The number of benzene rings is 3. The molecule has 0 saturated heterocycles. The van der Waals surface area contributed by atoms with Crippen molar-refractivity contribution < 1.29 is 26.7 Å². The van der Waals surface area contributed by atoms with Gasteiger partial charge < -0.3 is 9.84 Å². The molecule has 0 saturated carbocycles. The standard InChI is InChI=1S/C29H24N4O6S2/c1-19-24-15-20(13-14-25(24)33(31-19)41(37,38)23-11-7-4-8-12-23)29(34)26-16-21-17-28(39-2)30-18-27(21)32(26)40(35,36)22-9-5-3-6-10-22/h3-18,29,34H,1-2H3. The number of fused-ring (bicyclic) bond motifs is 2. The molecule has 0 aliphatic heterocycles. The summed E-state index contributed by atoms with van der Waals surface area (Å²) in [4.78, 5) is 4.32. The number of pyridine rings is 1. The Kier molecular flexibility index (Phi) is 6.40. The predicted octanol–water partition coefficient (Wildman–Crippen LogP) is 4.26. The molecule has 12 heteroatoms. The molecule has 6 aromatic rings. The zero-order valence-corrected chi connectivity index (χ0v) is 23.5. The van der Waals surface area contributed by atoms with Crippen molar-refractivity contribution in [1.82, 2.24) is 18.1 Å². The third kappa shape index (κ3) is 4.36. The van der Waals surface area contributed by atoms with Gasteiger partial charge in [-0.05, 0) is 55.0 Å². The van der Waals surface area contributed by atoms with Crippen LogP contribution in [-0.2, 0) is 20.0 Å². The number of aromatic nitrogens is 4. The van der Waals surface area contributed by atoms with E-state index in [1.165, 1.54) is 37.6 Å². The summed E-state index contributed by atoms with van der Waals surface area (Å²) >= 11 is 0. The van der Waals surface area contributed by atoms with Crippen LogP contribution in [0.2, 0.25) is 0 Å². The topological polar surface area (TPSA) is 133 Å². The molecular weight excluding hydrogens is 564 g/mol. The van der Waals surface area contributed by atoms with E-state index in [-0.39, 0.29) is 26.9 Å². The Morgan fingerprint density at radius 3 is 2.07 bits per heavy atom. The minimum atomic E-state index is -4.14. The molecule has 0 bridgehead atoms. The van der Waals surface area contributed by atoms with Gasteiger partial charge in [-0.1, -0.05) is 42.5 Å². The average molecular weight is 589 g/mol. The Morgan fingerprint density at radius 2 is 1.44 bits per heavy atom. The largest absolute Gasteiger partial charge is 0.481 e. The number of methoxy groups -OCH3 is 1. The van der Waals surface area contributed by atoms with Crippen molar-refractivity contribution in [3.8, 4) is 5.88 Å². The van der Waals surface area contributed by atoms with E-state index in [2.05, 4.69) is 10.1 Å². The van der Waals surface area contributed by atoms with Crippen LogP contribution in [0.3, 0.4) is 0 Å². The lowest BCUT2D eigenvalue weighted by atomic mass is 10.0. The van der Waals surface area contributed by atoms with E-state index in [0.717, 1.165) is 8.06 Å². The fourth-order valence-corrected chi connectivity index (χ4v) is 7.73. The number of aryl methyl sites for hydroxylation is 1. The molecule has 10 nitrogen and oxygen atoms in total. The van der Waals surface area contributed by atoms with E-state index in [4.69, 9.17) is 4.74 Å². The van der Waals surface area contributed by atoms with Crippen LogP contribution < -0.4 is 4.74 Å². The van der Waals surface area contributed by atoms with Crippen molar-refractivity contribution in [3.05, 3.63) is 114 Å². The molecule has 0 amide bonds. The van der Waals surface area contributed by atoms with Gasteiger partial charge in [0.15, 0.2) is 0 Å². The number of ether oxygens (including phenoxy) is 1. The summed E-state index contributed by atoms with van der Waals surface area (Å²) in [6.07, 6.45) is -0.0128. The lowest BCUT2D eigenvalue weighted by Gasteiger charge is -2.17. The maximum Gasteiger partial charge on any atom is 0.283 e. The molecule has 1 unspecified atom stereocenters. The van der Waals surface area contributed by atoms with Crippen molar-refractivity contribution in [2.24, 2.45) is 0 Å². The van der Waals surface area contributed by atoms with Gasteiger partial charge >= 0.3 is 0 Å². The minimum Gasteiger partial charge on any atom is -0.481 e. The SMILES string of the molecule is COc1cc2cc(C(O)c3ccc4c(c3)c(C)nn4S(=O)(=O)c3ccccc3)n(S(=O)(=O)c3ccccc3)c2cn1. The summed E-state index contributed by atoms with van der Waals surface area (Å²) in [5, 5.41) is 16.9. The number of aliphatic hydroxyl groups excluding tert-OH is 1. The highest BCUT2D eigenvalue weighted by Gasteiger charge is 2.29. The monoisotopic (exact) mass is 588 g/mol. The second-order valence-electron chi connectivity index (χ2n) is 9.36. The van der Waals surface area contributed by atoms with Gasteiger partial charge in [0.1, 0.15) is 6.10 Å². The van der Waals surface area contributed by atoms with Crippen LogP contribution in [0.4, 0.5) is 0 Å². The lowest BCUT2D eigenvalue weighted by molar-refractivity contribution is 0.215. The second kappa shape index (κ2) is 9.84. The van der Waals surface area contributed by atoms with Gasteiger partial charge in [-0.15, -0.1) is 0 Å². The van der Waals surface area contributed by atoms with Gasteiger partial charge in [-0.2, -0.15) is 17.6 Å². The van der Waals surface area contributed by atoms with Crippen molar-refractivity contribution >= 4 is 41.9 Å². The molecule has 3 heterocycles. The highest BCUT2D eigenvalue weighted by Crippen LogP contribution is 2.35. The van der Waals surface area contributed by atoms with Gasteiger partial charge in [-0.25, -0.2) is 17.4 Å². The fourth-order valence-electron chi connectivity index (χ4n) is 4.82. The van der Waals surface area contributed by atoms with Crippen LogP contribution in [-0.4, -0.2) is 47.2 Å². The first-order chi connectivity index (χ1) is 19.6. The number of hydrogen-bond donors (Lipinski definition) is 1. The molecule has 1 N–H and O–H groups in total. The van der Waals surface area contributed by atoms with E-state index in [1.54, 1.807) is 73.7 Å². The Morgan fingerprint density at radius 1 is 0.805 bits per heavy atom. The Hall–Kier alpha value is -4.52. The van der Waals surface area contributed by atoms with Crippen LogP contribution in [0.1, 0.15) is 23.1 Å². The van der Waals surface area contributed by atoms with Gasteiger partial charge in [0.05, 0.1) is 45.5 Å². The first kappa shape index (κ1) is 26.7. The minimum absolute atomic E-state index is 0.0421. The number of hydrogen-bond acceptors (Lipinski definition) is 8. The van der Waals surface area contributed by atoms with Crippen LogP contribution >= 0.6 is 0 Å². The van der Waals surface area contributed by atoms with Crippen molar-refractivity contribution in [2.75, 3.05) is 7.11 Å². The first-order valence-corrected chi connectivity index (χ1v) is 15.3. The molecule has 0 radical (unpaired) electrons. The van der Waals surface area contributed by atoms with E-state index in [0.29, 0.717) is 27.5 Å². The number of rotatable bonds is 7. The van der Waals surface area contributed by atoms with Crippen LogP contribution in [0.25, 0.3) is 21.8 Å². The summed E-state index contributed by atoms with van der Waals surface area (Å²) in [6, 6.07) is 23.8. The summed E-state index contributed by atoms with van der Waals surface area (Å²) in [7, 11) is -6.66. The summed E-state index contributed by atoms with van der Waals surface area (Å²) in [6.45, 7) is 1.67. The van der Waals surface area contributed by atoms with Gasteiger partial charge in [-0.3, -0.25) is 0 Å². The summed E-state index contributed by atoms with van der Waals surface area (Å²) in [5.41, 5.74) is 1.46. The van der Waals surface area contributed by atoms with Gasteiger partial charge in [0, 0.05) is 16.8 Å². The zero-order valence-electron chi connectivity index (χ0n) is 21.9. The maximum absolute atomic E-state index is 13.8. The fraction of sp³-hybridized carbons (Fsp3) is 0.103. The highest BCUT2D eigenvalue weighted by atomic mass is 32.2. The summed E-state index contributed by atoms with van der Waals surface area (Å²) < 4.78 is 61.6. The van der Waals surface area contributed by atoms with Crippen LogP contribution in [0.5, 0.6) is 5.88 Å². The molecule has 6 rings (SSSR count). The van der Waals surface area contributed by atoms with Crippen molar-refractivity contribution in [1.29, 1.82) is 0 Å². The second-order valence-corrected chi connectivity index (χ2v) is 12.9.